The van der Waals surface area contributed by atoms with Crippen LogP contribution in [0.2, 0.25) is 5.02 Å². The average Bonchev–Trinajstić information content (AvgIpc) is 3.36. The number of ether oxygens (including phenoxy) is 2. The van der Waals surface area contributed by atoms with Crippen molar-refractivity contribution < 1.29 is 14.3 Å². The third-order valence-corrected chi connectivity index (χ3v) is 5.75. The molecule has 0 aliphatic carbocycles. The quantitative estimate of drug-likeness (QED) is 0.424. The molecule has 30 heavy (non-hydrogen) atoms. The van der Waals surface area contributed by atoms with Gasteiger partial charge in [-0.05, 0) is 43.3 Å². The van der Waals surface area contributed by atoms with Crippen molar-refractivity contribution in [3.05, 3.63) is 60.1 Å². The second-order valence-electron chi connectivity index (χ2n) is 6.53. The van der Waals surface area contributed by atoms with Crippen molar-refractivity contribution >= 4 is 35.0 Å². The lowest BCUT2D eigenvalue weighted by Gasteiger charge is -2.13. The van der Waals surface area contributed by atoms with Crippen molar-refractivity contribution in [1.82, 2.24) is 14.8 Å². The molecule has 154 valence electrons. The maximum absolute atomic E-state index is 12.7. The second kappa shape index (κ2) is 8.81. The molecule has 0 saturated heterocycles. The van der Waals surface area contributed by atoms with Gasteiger partial charge in [-0.2, -0.15) is 0 Å². The van der Waals surface area contributed by atoms with E-state index in [9.17, 15) is 4.79 Å². The summed E-state index contributed by atoms with van der Waals surface area (Å²) in [7, 11) is 0. The van der Waals surface area contributed by atoms with Gasteiger partial charge in [-0.3, -0.25) is 9.36 Å². The smallest absolute Gasteiger partial charge is 0.237 e. The summed E-state index contributed by atoms with van der Waals surface area (Å²) >= 11 is 7.31. The van der Waals surface area contributed by atoms with Gasteiger partial charge in [-0.25, -0.2) is 0 Å². The first-order valence-electron chi connectivity index (χ1n) is 9.22. The molecule has 7 nitrogen and oxygen atoms in total. The first kappa shape index (κ1) is 20.3. The molecule has 1 aromatic heterocycles. The zero-order valence-corrected chi connectivity index (χ0v) is 17.7. The van der Waals surface area contributed by atoms with Crippen LogP contribution in [-0.2, 0) is 11.3 Å². The van der Waals surface area contributed by atoms with Crippen LogP contribution in [-0.4, -0.2) is 32.7 Å². The Labute approximate surface area is 183 Å². The number of hydrogen-bond donors (Lipinski definition) is 1. The summed E-state index contributed by atoms with van der Waals surface area (Å²) in [6, 6.07) is 12.7. The van der Waals surface area contributed by atoms with Crippen LogP contribution in [0.1, 0.15) is 6.92 Å². The highest BCUT2D eigenvalue weighted by atomic mass is 35.5. The lowest BCUT2D eigenvalue weighted by molar-refractivity contribution is -0.115. The van der Waals surface area contributed by atoms with Crippen LogP contribution < -0.4 is 14.8 Å². The number of anilines is 1. The van der Waals surface area contributed by atoms with E-state index in [-0.39, 0.29) is 12.7 Å². The molecule has 1 atom stereocenters. The van der Waals surface area contributed by atoms with E-state index < -0.39 is 5.25 Å². The zero-order valence-electron chi connectivity index (χ0n) is 16.2. The van der Waals surface area contributed by atoms with E-state index in [0.29, 0.717) is 39.7 Å². The first-order chi connectivity index (χ1) is 14.5. The van der Waals surface area contributed by atoms with E-state index in [1.165, 1.54) is 11.8 Å². The fourth-order valence-corrected chi connectivity index (χ4v) is 3.90. The van der Waals surface area contributed by atoms with Crippen LogP contribution >= 0.6 is 23.4 Å². The van der Waals surface area contributed by atoms with Crippen LogP contribution in [0.5, 0.6) is 11.5 Å². The number of nitrogens with one attached hydrogen (secondary N) is 1. The monoisotopic (exact) mass is 442 g/mol. The van der Waals surface area contributed by atoms with Gasteiger partial charge in [-0.1, -0.05) is 29.4 Å². The number of thioether (sulfide) groups is 1. The molecule has 2 aromatic carbocycles. The van der Waals surface area contributed by atoms with Gasteiger partial charge in [-0.15, -0.1) is 16.8 Å². The molecule has 0 unspecified atom stereocenters. The van der Waals surface area contributed by atoms with E-state index in [2.05, 4.69) is 22.1 Å². The Balaban J connectivity index is 1.49. The first-order valence-corrected chi connectivity index (χ1v) is 10.5. The Bertz CT molecular complexity index is 1080. The SMILES string of the molecule is C=CCn1c(S[C@H](C)C(=O)Nc2ccc3c(c2)OCO3)nnc1-c1ccc(Cl)cc1. The molecule has 1 amide bonds. The minimum atomic E-state index is -0.402. The second-order valence-corrected chi connectivity index (χ2v) is 8.27. The number of nitrogens with zero attached hydrogens (tertiary/aromatic N) is 3. The predicted molar refractivity (Wildman–Crippen MR) is 117 cm³/mol. The third kappa shape index (κ3) is 4.29. The number of halogens is 1. The van der Waals surface area contributed by atoms with Gasteiger partial charge in [0.15, 0.2) is 22.5 Å². The third-order valence-electron chi connectivity index (χ3n) is 4.42. The molecule has 0 spiro atoms. The highest BCUT2D eigenvalue weighted by Crippen LogP contribution is 2.34. The van der Waals surface area contributed by atoms with Gasteiger partial charge >= 0.3 is 0 Å². The molecule has 4 rings (SSSR count). The van der Waals surface area contributed by atoms with Crippen molar-refractivity contribution in [2.45, 2.75) is 23.9 Å². The standard InChI is InChI=1S/C21H19ClN4O3S/c1-3-10-26-19(14-4-6-15(22)7-5-14)24-25-21(26)30-13(2)20(27)23-16-8-9-17-18(11-16)29-12-28-17/h3-9,11,13H,1,10,12H2,2H3,(H,23,27)/t13-/m1/s1. The van der Waals surface area contributed by atoms with Crippen LogP contribution in [0.3, 0.4) is 0 Å². The molecule has 0 saturated carbocycles. The predicted octanol–water partition coefficient (Wildman–Crippen LogP) is 4.63. The summed E-state index contributed by atoms with van der Waals surface area (Å²) in [5, 5.41) is 12.4. The minimum absolute atomic E-state index is 0.153. The van der Waals surface area contributed by atoms with Gasteiger partial charge < -0.3 is 14.8 Å². The highest BCUT2D eigenvalue weighted by Gasteiger charge is 2.21. The molecule has 1 N–H and O–H groups in total. The highest BCUT2D eigenvalue weighted by molar-refractivity contribution is 8.00. The zero-order chi connectivity index (χ0) is 21.1. The molecule has 1 aliphatic rings. The molecule has 0 fully saturated rings. The van der Waals surface area contributed by atoms with Gasteiger partial charge in [0, 0.05) is 28.9 Å². The summed E-state index contributed by atoms with van der Waals surface area (Å²) in [5.41, 5.74) is 1.53. The maximum Gasteiger partial charge on any atom is 0.237 e. The molecule has 3 aromatic rings. The lowest BCUT2D eigenvalue weighted by Crippen LogP contribution is -2.23. The number of benzene rings is 2. The van der Waals surface area contributed by atoms with Crippen LogP contribution in [0.25, 0.3) is 11.4 Å². The summed E-state index contributed by atoms with van der Waals surface area (Å²) < 4.78 is 12.6. The Kier molecular flexibility index (Phi) is 5.96. The van der Waals surface area contributed by atoms with E-state index in [0.717, 1.165) is 5.56 Å². The number of fused-ring (bicyclic) bond motifs is 1. The van der Waals surface area contributed by atoms with E-state index in [4.69, 9.17) is 21.1 Å². The number of amides is 1. The van der Waals surface area contributed by atoms with Crippen molar-refractivity contribution in [3.8, 4) is 22.9 Å². The van der Waals surface area contributed by atoms with Crippen molar-refractivity contribution in [2.24, 2.45) is 0 Å². The maximum atomic E-state index is 12.7. The Morgan fingerprint density at radius 2 is 2.03 bits per heavy atom. The summed E-state index contributed by atoms with van der Waals surface area (Å²) in [5.74, 6) is 1.83. The summed E-state index contributed by atoms with van der Waals surface area (Å²) in [4.78, 5) is 12.7. The topological polar surface area (TPSA) is 78.3 Å². The van der Waals surface area contributed by atoms with Crippen molar-refractivity contribution in [2.75, 3.05) is 12.1 Å². The normalized spacial score (nSPS) is 13.1. The fourth-order valence-electron chi connectivity index (χ4n) is 2.91. The van der Waals surface area contributed by atoms with E-state index in [1.807, 2.05) is 23.6 Å². The molecule has 9 heteroatoms. The average molecular weight is 443 g/mol. The molecule has 2 heterocycles. The molecular formula is C21H19ClN4O3S. The van der Waals surface area contributed by atoms with Gasteiger partial charge in [0.1, 0.15) is 0 Å². The summed E-state index contributed by atoms with van der Waals surface area (Å²) in [6.45, 7) is 6.34. The van der Waals surface area contributed by atoms with E-state index in [1.54, 1.807) is 36.4 Å². The van der Waals surface area contributed by atoms with Crippen molar-refractivity contribution in [1.29, 1.82) is 0 Å². The number of hydrogen-bond acceptors (Lipinski definition) is 6. The Hall–Kier alpha value is -2.97. The fraction of sp³-hybridized carbons (Fsp3) is 0.190. The van der Waals surface area contributed by atoms with Gasteiger partial charge in [0.25, 0.3) is 0 Å². The number of aromatic nitrogens is 3. The van der Waals surface area contributed by atoms with Crippen molar-refractivity contribution in [3.63, 3.8) is 0 Å². The Morgan fingerprint density at radius 1 is 1.27 bits per heavy atom. The van der Waals surface area contributed by atoms with Crippen LogP contribution in [0.4, 0.5) is 5.69 Å². The van der Waals surface area contributed by atoms with Gasteiger partial charge in [0.2, 0.25) is 12.7 Å². The minimum Gasteiger partial charge on any atom is -0.454 e. The lowest BCUT2D eigenvalue weighted by atomic mass is 10.2. The van der Waals surface area contributed by atoms with Crippen LogP contribution in [0, 0.1) is 0 Å². The number of carbonyl (C=O) groups excluding carboxylic acids is 1. The largest absolute Gasteiger partial charge is 0.454 e. The van der Waals surface area contributed by atoms with Gasteiger partial charge in [0.05, 0.1) is 5.25 Å². The number of allylic oxidation sites excluding steroid dienone is 1. The molecule has 1 aliphatic heterocycles. The summed E-state index contributed by atoms with van der Waals surface area (Å²) in [6.07, 6.45) is 1.77. The number of carbonyl (C=O) groups is 1. The van der Waals surface area contributed by atoms with Crippen LogP contribution in [0.15, 0.2) is 60.3 Å². The van der Waals surface area contributed by atoms with E-state index >= 15 is 0 Å². The molecule has 0 radical (unpaired) electrons. The number of rotatable bonds is 7. The molecular weight excluding hydrogens is 424 g/mol. The molecule has 0 bridgehead atoms. The Morgan fingerprint density at radius 3 is 2.80 bits per heavy atom.